The van der Waals surface area contributed by atoms with Crippen molar-refractivity contribution in [2.45, 2.75) is 26.0 Å². The third-order valence-electron chi connectivity index (χ3n) is 4.94. The first-order chi connectivity index (χ1) is 13.6. The number of halogens is 3. The van der Waals surface area contributed by atoms with E-state index in [0.29, 0.717) is 39.6 Å². The van der Waals surface area contributed by atoms with Gasteiger partial charge in [-0.2, -0.15) is 0 Å². The summed E-state index contributed by atoms with van der Waals surface area (Å²) in [4.78, 5) is 0. The fraction of sp³-hybridized carbons (Fsp3) is 0.429. The van der Waals surface area contributed by atoms with Crippen molar-refractivity contribution < 1.29 is 13.9 Å². The summed E-state index contributed by atoms with van der Waals surface area (Å²) in [5, 5.41) is 7.80. The molecule has 0 radical (unpaired) electrons. The molecule has 0 spiro atoms. The molecule has 1 aliphatic rings. The van der Waals surface area contributed by atoms with E-state index in [2.05, 4.69) is 10.6 Å². The van der Waals surface area contributed by atoms with Crippen LogP contribution in [0.5, 0.6) is 11.5 Å². The maximum absolute atomic E-state index is 13.2. The molecule has 4 nitrogen and oxygen atoms in total. The van der Waals surface area contributed by atoms with E-state index < -0.39 is 0 Å². The topological polar surface area (TPSA) is 42.5 Å². The summed E-state index contributed by atoms with van der Waals surface area (Å²) < 4.78 is 24.5. The summed E-state index contributed by atoms with van der Waals surface area (Å²) in [5.74, 6) is 1.44. The van der Waals surface area contributed by atoms with Crippen molar-refractivity contribution >= 4 is 23.2 Å². The first-order valence-electron chi connectivity index (χ1n) is 9.41. The SMILES string of the molecule is COc1cc(CNCC2CCNCC2)c(Cl)cc1OCc1ccc(F)cc1Cl. The average Bonchev–Trinajstić information content (AvgIpc) is 2.69. The number of hydrogen-bond acceptors (Lipinski definition) is 4. The van der Waals surface area contributed by atoms with Crippen molar-refractivity contribution in [3.63, 3.8) is 0 Å². The van der Waals surface area contributed by atoms with Crippen molar-refractivity contribution in [2.24, 2.45) is 5.92 Å². The van der Waals surface area contributed by atoms with Gasteiger partial charge in [0.15, 0.2) is 11.5 Å². The maximum atomic E-state index is 13.2. The lowest BCUT2D eigenvalue weighted by molar-refractivity contribution is 0.284. The lowest BCUT2D eigenvalue weighted by Crippen LogP contribution is -2.33. The maximum Gasteiger partial charge on any atom is 0.163 e. The van der Waals surface area contributed by atoms with Crippen molar-refractivity contribution in [1.29, 1.82) is 0 Å². The van der Waals surface area contributed by atoms with Gasteiger partial charge in [-0.05, 0) is 62.2 Å². The molecule has 0 amide bonds. The monoisotopic (exact) mass is 426 g/mol. The molecular formula is C21H25Cl2FN2O2. The summed E-state index contributed by atoms with van der Waals surface area (Å²) in [7, 11) is 1.59. The molecule has 1 heterocycles. The normalized spacial score (nSPS) is 14.9. The zero-order valence-corrected chi connectivity index (χ0v) is 17.4. The molecule has 0 aliphatic carbocycles. The van der Waals surface area contributed by atoms with Gasteiger partial charge < -0.3 is 20.1 Å². The van der Waals surface area contributed by atoms with Crippen LogP contribution >= 0.6 is 23.2 Å². The lowest BCUT2D eigenvalue weighted by Gasteiger charge is -2.23. The van der Waals surface area contributed by atoms with Crippen molar-refractivity contribution in [2.75, 3.05) is 26.7 Å². The molecule has 2 aromatic carbocycles. The van der Waals surface area contributed by atoms with E-state index in [1.807, 2.05) is 6.07 Å². The van der Waals surface area contributed by atoms with Crippen LogP contribution in [-0.2, 0) is 13.2 Å². The molecule has 0 bridgehead atoms. The molecule has 0 saturated carbocycles. The first-order valence-corrected chi connectivity index (χ1v) is 10.2. The van der Waals surface area contributed by atoms with Gasteiger partial charge >= 0.3 is 0 Å². The number of nitrogens with one attached hydrogen (secondary N) is 2. The van der Waals surface area contributed by atoms with E-state index in [-0.39, 0.29) is 12.4 Å². The van der Waals surface area contributed by atoms with Crippen LogP contribution in [0, 0.1) is 11.7 Å². The predicted molar refractivity (Wildman–Crippen MR) is 111 cm³/mol. The lowest BCUT2D eigenvalue weighted by atomic mass is 9.98. The quantitative estimate of drug-likeness (QED) is 0.635. The molecule has 28 heavy (non-hydrogen) atoms. The Morgan fingerprint density at radius 2 is 1.82 bits per heavy atom. The third-order valence-corrected chi connectivity index (χ3v) is 5.64. The average molecular weight is 427 g/mol. The predicted octanol–water partition coefficient (Wildman–Crippen LogP) is 4.81. The second-order valence-electron chi connectivity index (χ2n) is 6.94. The molecule has 0 aromatic heterocycles. The largest absolute Gasteiger partial charge is 0.493 e. The Hall–Kier alpha value is -1.53. The molecule has 1 aliphatic heterocycles. The molecule has 2 aromatic rings. The van der Waals surface area contributed by atoms with Crippen LogP contribution in [-0.4, -0.2) is 26.7 Å². The Kier molecular flexibility index (Phi) is 7.80. The minimum absolute atomic E-state index is 0.194. The van der Waals surface area contributed by atoms with Crippen LogP contribution in [0.3, 0.4) is 0 Å². The van der Waals surface area contributed by atoms with Crippen molar-refractivity contribution in [1.82, 2.24) is 10.6 Å². The smallest absolute Gasteiger partial charge is 0.163 e. The second-order valence-corrected chi connectivity index (χ2v) is 7.76. The summed E-state index contributed by atoms with van der Waals surface area (Å²) >= 11 is 12.5. The van der Waals surface area contributed by atoms with Gasteiger partial charge in [-0.1, -0.05) is 29.3 Å². The molecule has 7 heteroatoms. The number of hydrogen-bond donors (Lipinski definition) is 2. The Morgan fingerprint density at radius 3 is 2.54 bits per heavy atom. The van der Waals surface area contributed by atoms with E-state index in [4.69, 9.17) is 32.7 Å². The summed E-state index contributed by atoms with van der Waals surface area (Å²) in [5.41, 5.74) is 1.65. The van der Waals surface area contributed by atoms with Gasteiger partial charge in [0.05, 0.1) is 12.1 Å². The molecule has 3 rings (SSSR count). The number of rotatable bonds is 8. The van der Waals surface area contributed by atoms with Crippen molar-refractivity contribution in [3.8, 4) is 11.5 Å². The number of benzene rings is 2. The van der Waals surface area contributed by atoms with Crippen LogP contribution in [0.25, 0.3) is 0 Å². The van der Waals surface area contributed by atoms with E-state index in [1.165, 1.54) is 25.0 Å². The Bertz CT molecular complexity index is 798. The highest BCUT2D eigenvalue weighted by Gasteiger charge is 2.14. The molecule has 1 saturated heterocycles. The third kappa shape index (κ3) is 5.74. The highest BCUT2D eigenvalue weighted by Crippen LogP contribution is 2.34. The highest BCUT2D eigenvalue weighted by atomic mass is 35.5. The molecule has 1 fully saturated rings. The van der Waals surface area contributed by atoms with Crippen LogP contribution in [0.15, 0.2) is 30.3 Å². The molecular weight excluding hydrogens is 402 g/mol. The number of methoxy groups -OCH3 is 1. The van der Waals surface area contributed by atoms with Crippen LogP contribution in [0.4, 0.5) is 4.39 Å². The van der Waals surface area contributed by atoms with Crippen LogP contribution in [0.1, 0.15) is 24.0 Å². The minimum Gasteiger partial charge on any atom is -0.493 e. The Labute approximate surface area is 175 Å². The van der Waals surface area contributed by atoms with E-state index in [9.17, 15) is 4.39 Å². The summed E-state index contributed by atoms with van der Waals surface area (Å²) in [6.07, 6.45) is 2.39. The molecule has 0 unspecified atom stereocenters. The van der Waals surface area contributed by atoms with Gasteiger partial charge in [0, 0.05) is 23.2 Å². The van der Waals surface area contributed by atoms with E-state index in [1.54, 1.807) is 19.2 Å². The van der Waals surface area contributed by atoms with Gasteiger partial charge in [-0.25, -0.2) is 4.39 Å². The summed E-state index contributed by atoms with van der Waals surface area (Å²) in [6, 6.07) is 7.86. The fourth-order valence-corrected chi connectivity index (χ4v) is 3.72. The second kappa shape index (κ2) is 10.3. The standard InChI is InChI=1S/C21H25Cl2FN2O2/c1-27-20-8-16(12-26-11-14-4-6-25-7-5-14)19(23)10-21(20)28-13-15-2-3-17(24)9-18(15)22/h2-3,8-10,14,25-26H,4-7,11-13H2,1H3. The van der Waals surface area contributed by atoms with Gasteiger partial charge in [0.1, 0.15) is 12.4 Å². The van der Waals surface area contributed by atoms with Gasteiger partial charge in [0.25, 0.3) is 0 Å². The van der Waals surface area contributed by atoms with E-state index in [0.717, 1.165) is 25.2 Å². The zero-order valence-electron chi connectivity index (χ0n) is 15.9. The van der Waals surface area contributed by atoms with E-state index >= 15 is 0 Å². The van der Waals surface area contributed by atoms with Gasteiger partial charge in [0.2, 0.25) is 0 Å². The fourth-order valence-electron chi connectivity index (χ4n) is 3.28. The minimum atomic E-state index is -0.379. The molecule has 2 N–H and O–H groups in total. The number of piperidine rings is 1. The van der Waals surface area contributed by atoms with Crippen LogP contribution < -0.4 is 20.1 Å². The van der Waals surface area contributed by atoms with Gasteiger partial charge in [-0.3, -0.25) is 0 Å². The highest BCUT2D eigenvalue weighted by molar-refractivity contribution is 6.31. The first kappa shape index (κ1) is 21.2. The molecule has 0 atom stereocenters. The number of ether oxygens (including phenoxy) is 2. The Morgan fingerprint density at radius 1 is 1.07 bits per heavy atom. The van der Waals surface area contributed by atoms with Gasteiger partial charge in [-0.15, -0.1) is 0 Å². The zero-order chi connectivity index (χ0) is 19.9. The van der Waals surface area contributed by atoms with Crippen molar-refractivity contribution in [3.05, 3.63) is 57.3 Å². The van der Waals surface area contributed by atoms with Crippen LogP contribution in [0.2, 0.25) is 10.0 Å². The summed E-state index contributed by atoms with van der Waals surface area (Å²) in [6.45, 7) is 4.01. The molecule has 152 valence electrons. The Balaban J connectivity index is 1.61.